The van der Waals surface area contributed by atoms with Gasteiger partial charge in [0.1, 0.15) is 0 Å². The summed E-state index contributed by atoms with van der Waals surface area (Å²) in [6.45, 7) is 1.94. The lowest BCUT2D eigenvalue weighted by molar-refractivity contribution is 0.598. The Morgan fingerprint density at radius 1 is 1.83 bits per heavy atom. The summed E-state index contributed by atoms with van der Waals surface area (Å²) < 4.78 is 12.3. The fourth-order valence-electron chi connectivity index (χ4n) is 0.793. The third-order valence-corrected chi connectivity index (χ3v) is 4.22. The average Bonchev–Trinajstić information content (AvgIpc) is 2.31. The molecule has 0 aromatic carbocycles. The highest BCUT2D eigenvalue weighted by Gasteiger charge is 2.20. The van der Waals surface area contributed by atoms with E-state index in [2.05, 4.69) is 15.9 Å². The molecule has 0 bridgehead atoms. The predicted molar refractivity (Wildman–Crippen MR) is 57.3 cm³/mol. The normalized spacial score (nSPS) is 16.1. The largest absolute Gasteiger partial charge is 0.592 e. The van der Waals surface area contributed by atoms with Gasteiger partial charge in [0.05, 0.1) is 15.7 Å². The van der Waals surface area contributed by atoms with Crippen LogP contribution in [-0.4, -0.2) is 4.55 Å². The SMILES string of the molecule is CC(Br)c1cc(Cl)sc1[S+](N)[O-]. The predicted octanol–water partition coefficient (Wildman–Crippen LogP) is 2.84. The van der Waals surface area contributed by atoms with E-state index in [1.54, 1.807) is 6.07 Å². The molecule has 2 unspecified atom stereocenters. The van der Waals surface area contributed by atoms with Crippen molar-refractivity contribution in [2.75, 3.05) is 0 Å². The Labute approximate surface area is 91.5 Å². The highest BCUT2D eigenvalue weighted by molar-refractivity contribution is 9.09. The molecule has 68 valence electrons. The summed E-state index contributed by atoms with van der Waals surface area (Å²) in [6, 6.07) is 1.78. The van der Waals surface area contributed by atoms with Gasteiger partial charge in [-0.05, 0) is 13.0 Å². The Morgan fingerprint density at radius 3 is 2.75 bits per heavy atom. The summed E-state index contributed by atoms with van der Waals surface area (Å²) in [7, 11) is 0. The van der Waals surface area contributed by atoms with Gasteiger partial charge in [-0.2, -0.15) is 0 Å². The fourth-order valence-corrected chi connectivity index (χ4v) is 3.73. The first-order chi connectivity index (χ1) is 5.52. The molecule has 0 radical (unpaired) electrons. The molecule has 0 saturated heterocycles. The molecule has 0 aliphatic carbocycles. The standard InChI is InChI=1S/C6H7BrClNOS2/c1-3(7)4-2-5(8)11-6(4)12(9)10/h2-3H,9H2,1H3. The summed E-state index contributed by atoms with van der Waals surface area (Å²) >= 11 is 8.96. The van der Waals surface area contributed by atoms with Crippen LogP contribution < -0.4 is 5.14 Å². The zero-order chi connectivity index (χ0) is 9.30. The van der Waals surface area contributed by atoms with E-state index < -0.39 is 11.4 Å². The van der Waals surface area contributed by atoms with E-state index in [4.69, 9.17) is 16.7 Å². The van der Waals surface area contributed by atoms with Crippen LogP contribution in [0.25, 0.3) is 0 Å². The lowest BCUT2D eigenvalue weighted by Crippen LogP contribution is -2.12. The van der Waals surface area contributed by atoms with E-state index in [-0.39, 0.29) is 4.83 Å². The average molecular weight is 289 g/mol. The van der Waals surface area contributed by atoms with Gasteiger partial charge in [-0.15, -0.1) is 5.14 Å². The van der Waals surface area contributed by atoms with Crippen molar-refractivity contribution in [1.82, 2.24) is 0 Å². The van der Waals surface area contributed by atoms with Crippen molar-refractivity contribution >= 4 is 50.2 Å². The van der Waals surface area contributed by atoms with E-state index in [1.807, 2.05) is 6.92 Å². The van der Waals surface area contributed by atoms with Crippen LogP contribution in [0.5, 0.6) is 0 Å². The number of hydrogen-bond donors (Lipinski definition) is 1. The number of thiophene rings is 1. The van der Waals surface area contributed by atoms with E-state index in [1.165, 1.54) is 11.3 Å². The molecule has 0 spiro atoms. The molecule has 1 rings (SSSR count). The minimum absolute atomic E-state index is 0.128. The lowest BCUT2D eigenvalue weighted by Gasteiger charge is -2.04. The molecular weight excluding hydrogens is 282 g/mol. The van der Waals surface area contributed by atoms with Crippen LogP contribution in [0.2, 0.25) is 4.34 Å². The molecule has 12 heavy (non-hydrogen) atoms. The van der Waals surface area contributed by atoms with Gasteiger partial charge in [-0.3, -0.25) is 0 Å². The van der Waals surface area contributed by atoms with Gasteiger partial charge >= 0.3 is 0 Å². The summed E-state index contributed by atoms with van der Waals surface area (Å²) in [6.07, 6.45) is 0. The summed E-state index contributed by atoms with van der Waals surface area (Å²) in [5.74, 6) is 0. The number of halogens is 2. The van der Waals surface area contributed by atoms with Gasteiger partial charge in [-0.1, -0.05) is 38.9 Å². The lowest BCUT2D eigenvalue weighted by atomic mass is 10.3. The van der Waals surface area contributed by atoms with Crippen molar-refractivity contribution in [2.45, 2.75) is 16.0 Å². The first kappa shape index (κ1) is 10.8. The van der Waals surface area contributed by atoms with Crippen LogP contribution in [0.4, 0.5) is 0 Å². The molecule has 1 aromatic heterocycles. The van der Waals surface area contributed by atoms with Gasteiger partial charge in [0.2, 0.25) is 4.21 Å². The third kappa shape index (κ3) is 2.37. The molecule has 0 aliphatic rings. The molecule has 0 aliphatic heterocycles. The van der Waals surface area contributed by atoms with E-state index in [0.717, 1.165) is 5.56 Å². The van der Waals surface area contributed by atoms with Crippen LogP contribution in [0.3, 0.4) is 0 Å². The molecule has 1 heterocycles. The van der Waals surface area contributed by atoms with Gasteiger partial charge in [0.25, 0.3) is 0 Å². The third-order valence-electron chi connectivity index (χ3n) is 1.31. The topological polar surface area (TPSA) is 49.1 Å². The number of alkyl halides is 1. The molecule has 0 fully saturated rings. The Balaban J connectivity index is 3.08. The van der Waals surface area contributed by atoms with Crippen molar-refractivity contribution in [3.63, 3.8) is 0 Å². The number of nitrogens with two attached hydrogens (primary N) is 1. The molecule has 2 N–H and O–H groups in total. The second-order valence-electron chi connectivity index (χ2n) is 2.21. The maximum Gasteiger partial charge on any atom is 0.233 e. The second-order valence-corrected chi connectivity index (χ2v) is 6.53. The maximum absolute atomic E-state index is 11.0. The van der Waals surface area contributed by atoms with Gasteiger partial charge < -0.3 is 4.55 Å². The zero-order valence-electron chi connectivity index (χ0n) is 6.21. The van der Waals surface area contributed by atoms with Crippen molar-refractivity contribution in [2.24, 2.45) is 5.14 Å². The maximum atomic E-state index is 11.0. The van der Waals surface area contributed by atoms with Crippen LogP contribution in [-0.2, 0) is 11.4 Å². The van der Waals surface area contributed by atoms with E-state index in [0.29, 0.717) is 8.55 Å². The first-order valence-corrected chi connectivity index (χ1v) is 6.44. The van der Waals surface area contributed by atoms with Crippen molar-refractivity contribution in [3.05, 3.63) is 16.0 Å². The van der Waals surface area contributed by atoms with Crippen LogP contribution >= 0.6 is 38.9 Å². The summed E-state index contributed by atoms with van der Waals surface area (Å²) in [5, 5.41) is 5.27. The minimum atomic E-state index is -1.44. The van der Waals surface area contributed by atoms with Crippen LogP contribution in [0.15, 0.2) is 10.3 Å². The zero-order valence-corrected chi connectivity index (χ0v) is 10.2. The van der Waals surface area contributed by atoms with Crippen LogP contribution in [0, 0.1) is 0 Å². The second kappa shape index (κ2) is 4.30. The van der Waals surface area contributed by atoms with E-state index >= 15 is 0 Å². The van der Waals surface area contributed by atoms with Crippen molar-refractivity contribution < 1.29 is 4.55 Å². The monoisotopic (exact) mass is 287 g/mol. The number of hydrogen-bond acceptors (Lipinski definition) is 3. The Bertz CT molecular complexity index is 251. The van der Waals surface area contributed by atoms with Crippen molar-refractivity contribution in [1.29, 1.82) is 0 Å². The molecule has 6 heteroatoms. The fraction of sp³-hybridized carbons (Fsp3) is 0.333. The highest BCUT2D eigenvalue weighted by Crippen LogP contribution is 2.36. The van der Waals surface area contributed by atoms with Gasteiger partial charge in [-0.25, -0.2) is 0 Å². The molecule has 1 aromatic rings. The first-order valence-electron chi connectivity index (χ1n) is 3.12. The smallest absolute Gasteiger partial charge is 0.233 e. The molecule has 0 saturated carbocycles. The molecular formula is C6H7BrClNOS2. The van der Waals surface area contributed by atoms with Crippen molar-refractivity contribution in [3.8, 4) is 0 Å². The Hall–Kier alpha value is 0.740. The molecule has 0 amide bonds. The highest BCUT2D eigenvalue weighted by atomic mass is 79.9. The Kier molecular flexibility index (Phi) is 3.88. The van der Waals surface area contributed by atoms with Crippen LogP contribution in [0.1, 0.15) is 17.3 Å². The summed E-state index contributed by atoms with van der Waals surface area (Å²) in [4.78, 5) is 0.128. The molecule has 2 nitrogen and oxygen atoms in total. The quantitative estimate of drug-likeness (QED) is 0.672. The minimum Gasteiger partial charge on any atom is -0.592 e. The molecule has 2 atom stereocenters. The van der Waals surface area contributed by atoms with Gasteiger partial charge in [0, 0.05) is 10.4 Å². The van der Waals surface area contributed by atoms with E-state index in [9.17, 15) is 4.55 Å². The Morgan fingerprint density at radius 2 is 2.42 bits per heavy atom. The van der Waals surface area contributed by atoms with Gasteiger partial charge in [0.15, 0.2) is 0 Å². The summed E-state index contributed by atoms with van der Waals surface area (Å²) in [5.41, 5.74) is 0.908. The number of rotatable bonds is 2.